The molecule has 1 fully saturated rings. The van der Waals surface area contributed by atoms with Crippen molar-refractivity contribution in [1.82, 2.24) is 10.6 Å². The lowest BCUT2D eigenvalue weighted by Gasteiger charge is -2.21. The molecule has 0 saturated carbocycles. The molecule has 0 amide bonds. The van der Waals surface area contributed by atoms with Gasteiger partial charge in [-0.2, -0.15) is 0 Å². The predicted molar refractivity (Wildman–Crippen MR) is 115 cm³/mol. The lowest BCUT2D eigenvalue weighted by molar-refractivity contribution is 0.394. The van der Waals surface area contributed by atoms with E-state index in [1.807, 2.05) is 18.2 Å². The van der Waals surface area contributed by atoms with Gasteiger partial charge in [0.05, 0.1) is 14.2 Å². The minimum atomic E-state index is -0.562. The largest absolute Gasteiger partial charge is 0.497 e. The van der Waals surface area contributed by atoms with Gasteiger partial charge < -0.3 is 25.0 Å². The van der Waals surface area contributed by atoms with Gasteiger partial charge in [0.25, 0.3) is 0 Å². The Labute approximate surface area is 175 Å². The third-order valence-corrected chi connectivity index (χ3v) is 5.08. The lowest BCUT2D eigenvalue weighted by Crippen LogP contribution is -2.45. The molecule has 0 aliphatic carbocycles. The Morgan fingerprint density at radius 3 is 2.33 bits per heavy atom. The van der Waals surface area contributed by atoms with Crippen molar-refractivity contribution in [3.05, 3.63) is 53.6 Å². The average Bonchev–Trinajstić information content (AvgIpc) is 3.20. The molecule has 2 N–H and O–H groups in total. The van der Waals surface area contributed by atoms with Gasteiger partial charge in [-0.1, -0.05) is 0 Å². The first-order valence-electron chi connectivity index (χ1n) is 9.91. The van der Waals surface area contributed by atoms with Crippen molar-refractivity contribution < 1.29 is 18.3 Å². The van der Waals surface area contributed by atoms with Crippen molar-refractivity contribution in [2.75, 3.05) is 45.8 Å². The topological polar surface area (TPSA) is 58.1 Å². The molecule has 2 aromatic carbocycles. The van der Waals surface area contributed by atoms with E-state index in [4.69, 9.17) is 9.47 Å². The van der Waals surface area contributed by atoms with E-state index in [0.29, 0.717) is 24.5 Å². The molecule has 1 atom stereocenters. The van der Waals surface area contributed by atoms with E-state index in [-0.39, 0.29) is 6.04 Å². The van der Waals surface area contributed by atoms with E-state index in [2.05, 4.69) is 20.5 Å². The maximum absolute atomic E-state index is 13.3. The fraction of sp³-hybridized carbons (Fsp3) is 0.409. The zero-order chi connectivity index (χ0) is 21.5. The second kappa shape index (κ2) is 10.1. The smallest absolute Gasteiger partial charge is 0.191 e. The third-order valence-electron chi connectivity index (χ3n) is 5.08. The number of ether oxygens (including phenoxy) is 2. The van der Waals surface area contributed by atoms with Crippen LogP contribution in [0.1, 0.15) is 12.0 Å². The van der Waals surface area contributed by atoms with E-state index >= 15 is 0 Å². The summed E-state index contributed by atoms with van der Waals surface area (Å²) in [4.78, 5) is 6.53. The molecule has 0 aromatic heterocycles. The van der Waals surface area contributed by atoms with Crippen LogP contribution in [0.2, 0.25) is 0 Å². The summed E-state index contributed by atoms with van der Waals surface area (Å²) >= 11 is 0. The second-order valence-electron chi connectivity index (χ2n) is 7.17. The van der Waals surface area contributed by atoms with Crippen molar-refractivity contribution in [3.8, 4) is 11.5 Å². The number of rotatable bonds is 7. The second-order valence-corrected chi connectivity index (χ2v) is 7.17. The molecule has 0 radical (unpaired) electrons. The SMILES string of the molecule is CN=C(NCCc1cc(F)cc(F)c1)NC1CCN(c2cc(OC)cc(OC)c2)C1. The Balaban J connectivity index is 1.52. The summed E-state index contributed by atoms with van der Waals surface area (Å²) in [5.41, 5.74) is 1.65. The summed E-state index contributed by atoms with van der Waals surface area (Å²) in [6, 6.07) is 9.63. The third kappa shape index (κ3) is 5.75. The van der Waals surface area contributed by atoms with E-state index < -0.39 is 11.6 Å². The van der Waals surface area contributed by atoms with Gasteiger partial charge in [-0.15, -0.1) is 0 Å². The maximum atomic E-state index is 13.3. The monoisotopic (exact) mass is 418 g/mol. The van der Waals surface area contributed by atoms with Crippen molar-refractivity contribution >= 4 is 11.6 Å². The Kier molecular flexibility index (Phi) is 7.32. The summed E-state index contributed by atoms with van der Waals surface area (Å²) < 4.78 is 37.3. The molecule has 0 bridgehead atoms. The van der Waals surface area contributed by atoms with Crippen molar-refractivity contribution in [2.45, 2.75) is 18.9 Å². The first-order valence-corrected chi connectivity index (χ1v) is 9.91. The summed E-state index contributed by atoms with van der Waals surface area (Å²) in [5.74, 6) is 1.06. The Morgan fingerprint density at radius 1 is 1.07 bits per heavy atom. The molecule has 0 spiro atoms. The number of benzene rings is 2. The Hall–Kier alpha value is -3.03. The van der Waals surface area contributed by atoms with Crippen LogP contribution in [0.4, 0.5) is 14.5 Å². The molecule has 3 rings (SSSR count). The summed E-state index contributed by atoms with van der Waals surface area (Å²) in [6.07, 6.45) is 1.45. The predicted octanol–water partition coefficient (Wildman–Crippen LogP) is 2.97. The zero-order valence-corrected chi connectivity index (χ0v) is 17.5. The highest BCUT2D eigenvalue weighted by Gasteiger charge is 2.24. The fourth-order valence-corrected chi connectivity index (χ4v) is 3.56. The molecule has 1 saturated heterocycles. The molecule has 30 heavy (non-hydrogen) atoms. The van der Waals surface area contributed by atoms with E-state index in [1.54, 1.807) is 21.3 Å². The molecular weight excluding hydrogens is 390 g/mol. The molecule has 162 valence electrons. The van der Waals surface area contributed by atoms with Gasteiger partial charge in [0.1, 0.15) is 23.1 Å². The molecule has 6 nitrogen and oxygen atoms in total. The number of nitrogens with one attached hydrogen (secondary N) is 2. The minimum Gasteiger partial charge on any atom is -0.497 e. The van der Waals surface area contributed by atoms with Gasteiger partial charge in [0.15, 0.2) is 5.96 Å². The van der Waals surface area contributed by atoms with Crippen LogP contribution in [-0.2, 0) is 6.42 Å². The molecule has 1 heterocycles. The number of nitrogens with zero attached hydrogens (tertiary/aromatic N) is 2. The van der Waals surface area contributed by atoms with Crippen LogP contribution in [0.25, 0.3) is 0 Å². The Bertz CT molecular complexity index is 849. The van der Waals surface area contributed by atoms with Crippen LogP contribution in [0.3, 0.4) is 0 Å². The van der Waals surface area contributed by atoms with Gasteiger partial charge in [-0.3, -0.25) is 4.99 Å². The van der Waals surface area contributed by atoms with E-state index in [0.717, 1.165) is 42.8 Å². The average molecular weight is 418 g/mol. The minimum absolute atomic E-state index is 0.222. The van der Waals surface area contributed by atoms with Crippen molar-refractivity contribution in [2.24, 2.45) is 4.99 Å². The zero-order valence-electron chi connectivity index (χ0n) is 17.5. The maximum Gasteiger partial charge on any atom is 0.191 e. The van der Waals surface area contributed by atoms with Crippen molar-refractivity contribution in [3.63, 3.8) is 0 Å². The standard InChI is InChI=1S/C22H28F2N4O2/c1-25-22(26-6-4-15-8-16(23)10-17(24)9-15)27-18-5-7-28(14-18)19-11-20(29-2)13-21(12-19)30-3/h8-13,18H,4-7,14H2,1-3H3,(H2,25,26,27). The number of guanidine groups is 1. The Morgan fingerprint density at radius 2 is 1.73 bits per heavy atom. The molecular formula is C22H28F2N4O2. The first-order chi connectivity index (χ1) is 14.5. The summed E-state index contributed by atoms with van der Waals surface area (Å²) in [7, 11) is 4.98. The first kappa shape index (κ1) is 21.7. The summed E-state index contributed by atoms with van der Waals surface area (Å²) in [5, 5.41) is 6.63. The highest BCUT2D eigenvalue weighted by Crippen LogP contribution is 2.30. The van der Waals surface area contributed by atoms with Gasteiger partial charge in [0, 0.05) is 62.7 Å². The fourth-order valence-electron chi connectivity index (χ4n) is 3.56. The molecule has 2 aromatic rings. The number of anilines is 1. The van der Waals surface area contributed by atoms with Crippen molar-refractivity contribution in [1.29, 1.82) is 0 Å². The molecule has 1 unspecified atom stereocenters. The van der Waals surface area contributed by atoms with Crippen LogP contribution < -0.4 is 25.0 Å². The van der Waals surface area contributed by atoms with E-state index in [1.165, 1.54) is 12.1 Å². The van der Waals surface area contributed by atoms with Gasteiger partial charge >= 0.3 is 0 Å². The number of halogens is 2. The van der Waals surface area contributed by atoms with Crippen LogP contribution >= 0.6 is 0 Å². The number of hydrogen-bond donors (Lipinski definition) is 2. The van der Waals surface area contributed by atoms with Crippen LogP contribution in [0.5, 0.6) is 11.5 Å². The number of methoxy groups -OCH3 is 2. The normalized spacial score (nSPS) is 16.5. The number of aliphatic imine (C=N–C) groups is 1. The van der Waals surface area contributed by atoms with Gasteiger partial charge in [-0.25, -0.2) is 8.78 Å². The van der Waals surface area contributed by atoms with Crippen LogP contribution in [0, 0.1) is 11.6 Å². The summed E-state index contributed by atoms with van der Waals surface area (Å²) in [6.45, 7) is 2.23. The quantitative estimate of drug-likeness (QED) is 0.535. The lowest BCUT2D eigenvalue weighted by atomic mass is 10.1. The van der Waals surface area contributed by atoms with E-state index in [9.17, 15) is 8.78 Å². The highest BCUT2D eigenvalue weighted by atomic mass is 19.1. The molecule has 8 heteroatoms. The van der Waals surface area contributed by atoms with Crippen LogP contribution in [-0.4, -0.2) is 52.9 Å². The van der Waals surface area contributed by atoms with Gasteiger partial charge in [0.2, 0.25) is 0 Å². The highest BCUT2D eigenvalue weighted by molar-refractivity contribution is 5.80. The molecule has 1 aliphatic heterocycles. The number of hydrogen-bond acceptors (Lipinski definition) is 4. The van der Waals surface area contributed by atoms with Gasteiger partial charge in [-0.05, 0) is 30.5 Å². The molecule has 1 aliphatic rings. The van der Waals surface area contributed by atoms with Crippen LogP contribution in [0.15, 0.2) is 41.4 Å².